The lowest BCUT2D eigenvalue weighted by molar-refractivity contribution is -0.137. The molecule has 0 fully saturated rings. The van der Waals surface area contributed by atoms with Crippen LogP contribution in [0.3, 0.4) is 0 Å². The van der Waals surface area contributed by atoms with Crippen molar-refractivity contribution in [1.29, 1.82) is 0 Å². The lowest BCUT2D eigenvalue weighted by atomic mass is 10.1. The Kier molecular flexibility index (Phi) is 5.22. The number of carbonyl (C=O) groups is 1. The van der Waals surface area contributed by atoms with Crippen LogP contribution in [-0.4, -0.2) is 20.9 Å². The second-order valence-electron chi connectivity index (χ2n) is 7.05. The predicted molar refractivity (Wildman–Crippen MR) is 111 cm³/mol. The summed E-state index contributed by atoms with van der Waals surface area (Å²) in [6.45, 7) is 0.484. The first-order valence-corrected chi connectivity index (χ1v) is 10.8. The minimum atomic E-state index is -4.60. The van der Waals surface area contributed by atoms with E-state index in [4.69, 9.17) is 0 Å². The number of rotatable bonds is 4. The van der Waals surface area contributed by atoms with Crippen LogP contribution in [0.1, 0.15) is 21.5 Å². The first-order valence-electron chi connectivity index (χ1n) is 9.35. The van der Waals surface area contributed by atoms with E-state index in [0.717, 1.165) is 23.4 Å². The van der Waals surface area contributed by atoms with Crippen molar-refractivity contribution in [2.75, 3.05) is 16.2 Å². The third kappa shape index (κ3) is 4.27. The highest BCUT2D eigenvalue weighted by molar-refractivity contribution is 7.92. The van der Waals surface area contributed by atoms with Gasteiger partial charge in [-0.25, -0.2) is 8.42 Å². The minimum absolute atomic E-state index is 0.170. The molecule has 0 radical (unpaired) electrons. The van der Waals surface area contributed by atoms with E-state index >= 15 is 0 Å². The highest BCUT2D eigenvalue weighted by Crippen LogP contribution is 2.32. The number of hydrogen-bond donors (Lipinski definition) is 1. The first kappa shape index (κ1) is 20.9. The molecule has 5 nitrogen and oxygen atoms in total. The Hall–Kier alpha value is -3.33. The summed E-state index contributed by atoms with van der Waals surface area (Å²) in [6.07, 6.45) is -3.89. The number of benzene rings is 3. The molecule has 0 unspecified atom stereocenters. The molecule has 4 rings (SSSR count). The van der Waals surface area contributed by atoms with Crippen LogP contribution in [-0.2, 0) is 22.6 Å². The second-order valence-corrected chi connectivity index (χ2v) is 8.73. The topological polar surface area (TPSA) is 66.5 Å². The van der Waals surface area contributed by atoms with Gasteiger partial charge in [0.2, 0.25) is 0 Å². The number of alkyl halides is 3. The van der Waals surface area contributed by atoms with Crippen molar-refractivity contribution in [3.63, 3.8) is 0 Å². The smallest absolute Gasteiger partial charge is 0.308 e. The van der Waals surface area contributed by atoms with Crippen LogP contribution in [0.15, 0.2) is 77.7 Å². The summed E-state index contributed by atoms with van der Waals surface area (Å²) in [5.74, 6) is -0.346. The quantitative estimate of drug-likeness (QED) is 0.631. The van der Waals surface area contributed by atoms with Crippen molar-refractivity contribution in [1.82, 2.24) is 0 Å². The normalized spacial score (nSPS) is 13.7. The molecule has 0 spiro atoms. The molecule has 0 saturated heterocycles. The molecular weight excluding hydrogens is 429 g/mol. The summed E-state index contributed by atoms with van der Waals surface area (Å²) in [6, 6.07) is 16.8. The molecule has 9 heteroatoms. The molecule has 0 saturated carbocycles. The summed E-state index contributed by atoms with van der Waals surface area (Å²) >= 11 is 0. The number of nitrogens with one attached hydrogen (secondary N) is 1. The fraction of sp³-hybridized carbons (Fsp3) is 0.136. The van der Waals surface area contributed by atoms with Crippen molar-refractivity contribution >= 4 is 27.3 Å². The van der Waals surface area contributed by atoms with E-state index in [-0.39, 0.29) is 22.1 Å². The number of hydrogen-bond acceptors (Lipinski definition) is 3. The van der Waals surface area contributed by atoms with Gasteiger partial charge in [-0.1, -0.05) is 30.3 Å². The van der Waals surface area contributed by atoms with Crippen LogP contribution in [0.25, 0.3) is 0 Å². The predicted octanol–water partition coefficient (Wildman–Crippen LogP) is 4.71. The maximum Gasteiger partial charge on any atom is 0.416 e. The Morgan fingerprint density at radius 1 is 0.935 bits per heavy atom. The van der Waals surface area contributed by atoms with Crippen LogP contribution in [0, 0.1) is 0 Å². The average molecular weight is 446 g/mol. The van der Waals surface area contributed by atoms with Gasteiger partial charge >= 0.3 is 6.18 Å². The van der Waals surface area contributed by atoms with Crippen molar-refractivity contribution < 1.29 is 26.4 Å². The standard InChI is InChI=1S/C22H17F3N2O3S/c23-22(24,25)17-7-4-8-18(14-17)26-31(29,30)19-9-3-6-16(13-19)21(28)27-12-11-15-5-1-2-10-20(15)27/h1-10,13-14,26H,11-12H2. The molecule has 0 atom stereocenters. The zero-order valence-electron chi connectivity index (χ0n) is 16.1. The van der Waals surface area contributed by atoms with Crippen LogP contribution in [0.5, 0.6) is 0 Å². The van der Waals surface area contributed by atoms with E-state index in [0.29, 0.717) is 19.0 Å². The molecule has 160 valence electrons. The molecule has 31 heavy (non-hydrogen) atoms. The van der Waals surface area contributed by atoms with Crippen LogP contribution >= 0.6 is 0 Å². The van der Waals surface area contributed by atoms with Crippen molar-refractivity contribution in [2.24, 2.45) is 0 Å². The maximum atomic E-state index is 13.0. The van der Waals surface area contributed by atoms with Crippen LogP contribution < -0.4 is 9.62 Å². The number of anilines is 2. The van der Waals surface area contributed by atoms with E-state index in [1.807, 2.05) is 24.3 Å². The molecule has 0 aromatic heterocycles. The molecule has 1 heterocycles. The Bertz CT molecular complexity index is 1260. The Morgan fingerprint density at radius 2 is 1.68 bits per heavy atom. The minimum Gasteiger partial charge on any atom is -0.308 e. The fourth-order valence-corrected chi connectivity index (χ4v) is 4.57. The average Bonchev–Trinajstić information content (AvgIpc) is 3.17. The van der Waals surface area contributed by atoms with Crippen LogP contribution in [0.2, 0.25) is 0 Å². The third-order valence-electron chi connectivity index (χ3n) is 4.97. The van der Waals surface area contributed by atoms with Gasteiger partial charge in [-0.15, -0.1) is 0 Å². The zero-order chi connectivity index (χ0) is 22.2. The number of amides is 1. The Labute approximate surface area is 177 Å². The lowest BCUT2D eigenvalue weighted by Gasteiger charge is -2.18. The molecule has 1 amide bonds. The van der Waals surface area contributed by atoms with E-state index in [9.17, 15) is 26.4 Å². The van der Waals surface area contributed by atoms with Gasteiger partial charge < -0.3 is 4.90 Å². The third-order valence-corrected chi connectivity index (χ3v) is 6.34. The lowest BCUT2D eigenvalue weighted by Crippen LogP contribution is -2.29. The SMILES string of the molecule is O=C(c1cccc(S(=O)(=O)Nc2cccc(C(F)(F)F)c2)c1)N1CCc2ccccc21. The summed E-state index contributed by atoms with van der Waals surface area (Å²) in [4.78, 5) is 14.4. The van der Waals surface area contributed by atoms with Gasteiger partial charge in [0.1, 0.15) is 0 Å². The fourth-order valence-electron chi connectivity index (χ4n) is 3.47. The monoisotopic (exact) mass is 446 g/mol. The number of halogens is 3. The molecule has 3 aromatic carbocycles. The van der Waals surface area contributed by atoms with Crippen molar-refractivity contribution in [3.05, 3.63) is 89.5 Å². The molecule has 0 bridgehead atoms. The maximum absolute atomic E-state index is 13.0. The van der Waals surface area contributed by atoms with E-state index in [1.54, 1.807) is 4.90 Å². The van der Waals surface area contributed by atoms with Gasteiger partial charge in [-0.05, 0) is 54.4 Å². The molecule has 1 aliphatic heterocycles. The van der Waals surface area contributed by atoms with Gasteiger partial charge in [-0.3, -0.25) is 9.52 Å². The van der Waals surface area contributed by atoms with Gasteiger partial charge in [-0.2, -0.15) is 13.2 Å². The highest BCUT2D eigenvalue weighted by atomic mass is 32.2. The van der Waals surface area contributed by atoms with Crippen molar-refractivity contribution in [2.45, 2.75) is 17.5 Å². The number of nitrogens with zero attached hydrogens (tertiary/aromatic N) is 1. The highest BCUT2D eigenvalue weighted by Gasteiger charge is 2.31. The van der Waals surface area contributed by atoms with E-state index in [1.165, 1.54) is 30.3 Å². The zero-order valence-corrected chi connectivity index (χ0v) is 16.9. The summed E-state index contributed by atoms with van der Waals surface area (Å²) in [5, 5.41) is 0. The molecule has 0 aliphatic carbocycles. The number of carbonyl (C=O) groups excluding carboxylic acids is 1. The van der Waals surface area contributed by atoms with Gasteiger partial charge in [0.15, 0.2) is 0 Å². The van der Waals surface area contributed by atoms with Gasteiger partial charge in [0.05, 0.1) is 10.5 Å². The number of para-hydroxylation sites is 1. The summed E-state index contributed by atoms with van der Waals surface area (Å²) in [5.41, 5.74) is 0.793. The Morgan fingerprint density at radius 3 is 2.45 bits per heavy atom. The summed E-state index contributed by atoms with van der Waals surface area (Å²) < 4.78 is 66.3. The number of sulfonamides is 1. The molecule has 1 N–H and O–H groups in total. The second kappa shape index (κ2) is 7.73. The van der Waals surface area contributed by atoms with Gasteiger partial charge in [0.25, 0.3) is 15.9 Å². The molecule has 1 aliphatic rings. The van der Waals surface area contributed by atoms with Gasteiger partial charge in [0, 0.05) is 23.5 Å². The number of fused-ring (bicyclic) bond motifs is 1. The Balaban J connectivity index is 1.60. The van der Waals surface area contributed by atoms with Crippen LogP contribution in [0.4, 0.5) is 24.5 Å². The first-order chi connectivity index (χ1) is 14.6. The molecule has 3 aromatic rings. The molecular formula is C22H17F3N2O3S. The summed E-state index contributed by atoms with van der Waals surface area (Å²) in [7, 11) is -4.20. The largest absolute Gasteiger partial charge is 0.416 e. The van der Waals surface area contributed by atoms with E-state index < -0.39 is 21.8 Å². The van der Waals surface area contributed by atoms with Crippen molar-refractivity contribution in [3.8, 4) is 0 Å². The van der Waals surface area contributed by atoms with E-state index in [2.05, 4.69) is 4.72 Å².